The lowest BCUT2D eigenvalue weighted by Gasteiger charge is -2.27. The molecule has 0 N–H and O–H groups in total. The Labute approximate surface area is 115 Å². The van der Waals surface area contributed by atoms with Crippen LogP contribution in [0, 0.1) is 0 Å². The van der Waals surface area contributed by atoms with Gasteiger partial charge >= 0.3 is 0 Å². The summed E-state index contributed by atoms with van der Waals surface area (Å²) in [4.78, 5) is 2.60. The summed E-state index contributed by atoms with van der Waals surface area (Å²) in [5, 5.41) is 0. The Kier molecular flexibility index (Phi) is 15.7. The fourth-order valence-electron chi connectivity index (χ4n) is 2.11. The predicted molar refractivity (Wildman–Crippen MR) is 81.9 cm³/mol. The van der Waals surface area contributed by atoms with E-state index in [-0.39, 0.29) is 12.4 Å². The highest BCUT2D eigenvalue weighted by atomic mass is 35.5. The van der Waals surface area contributed by atoms with Crippen LogP contribution in [0.3, 0.4) is 0 Å². The molecule has 2 heteroatoms. The molecule has 0 atom stereocenters. The van der Waals surface area contributed by atoms with Crippen molar-refractivity contribution in [3.05, 3.63) is 11.8 Å². The molecule has 0 aromatic carbocycles. The number of hydrogen-bond acceptors (Lipinski definition) is 1. The molecule has 0 aliphatic heterocycles. The van der Waals surface area contributed by atoms with E-state index in [1.165, 1.54) is 63.7 Å². The van der Waals surface area contributed by atoms with E-state index in [4.69, 9.17) is 0 Å². The van der Waals surface area contributed by atoms with Gasteiger partial charge in [0.2, 0.25) is 0 Å². The van der Waals surface area contributed by atoms with Gasteiger partial charge < -0.3 is 4.90 Å². The maximum absolute atomic E-state index is 2.60. The van der Waals surface area contributed by atoms with E-state index < -0.39 is 0 Å². The van der Waals surface area contributed by atoms with E-state index in [1.807, 2.05) is 0 Å². The van der Waals surface area contributed by atoms with E-state index >= 15 is 0 Å². The molecule has 0 amide bonds. The Morgan fingerprint density at radius 2 is 1.35 bits per heavy atom. The zero-order valence-corrected chi connectivity index (χ0v) is 13.1. The minimum absolute atomic E-state index is 0. The van der Waals surface area contributed by atoms with Gasteiger partial charge in [0.1, 0.15) is 0 Å². The molecule has 104 valence electrons. The van der Waals surface area contributed by atoms with Crippen LogP contribution >= 0.6 is 12.4 Å². The molecule has 0 saturated heterocycles. The average Bonchev–Trinajstić information content (AvgIpc) is 2.30. The summed E-state index contributed by atoms with van der Waals surface area (Å²) in [7, 11) is 0. The SMILES string of the molecule is C/C=C(/CC)N(CCCCC)CCCCC.Cl. The van der Waals surface area contributed by atoms with Crippen molar-refractivity contribution >= 4 is 12.4 Å². The first kappa shape index (κ1) is 19.2. The molecular weight excluding hydrogens is 230 g/mol. The third kappa shape index (κ3) is 9.52. The summed E-state index contributed by atoms with van der Waals surface area (Å²) >= 11 is 0. The van der Waals surface area contributed by atoms with Crippen LogP contribution < -0.4 is 0 Å². The molecular formula is C15H32ClN. The van der Waals surface area contributed by atoms with Gasteiger partial charge in [0, 0.05) is 18.8 Å². The van der Waals surface area contributed by atoms with Gasteiger partial charge in [-0.25, -0.2) is 0 Å². The van der Waals surface area contributed by atoms with Crippen molar-refractivity contribution in [2.24, 2.45) is 0 Å². The summed E-state index contributed by atoms with van der Waals surface area (Å²) < 4.78 is 0. The van der Waals surface area contributed by atoms with Gasteiger partial charge in [-0.2, -0.15) is 0 Å². The third-order valence-electron chi connectivity index (χ3n) is 3.16. The molecule has 0 aliphatic carbocycles. The lowest BCUT2D eigenvalue weighted by atomic mass is 10.2. The van der Waals surface area contributed by atoms with Crippen LogP contribution in [-0.4, -0.2) is 18.0 Å². The molecule has 0 spiro atoms. The number of nitrogens with zero attached hydrogens (tertiary/aromatic N) is 1. The van der Waals surface area contributed by atoms with Gasteiger partial charge in [0.05, 0.1) is 0 Å². The largest absolute Gasteiger partial charge is 0.375 e. The number of hydrogen-bond donors (Lipinski definition) is 0. The first-order valence-corrected chi connectivity index (χ1v) is 7.20. The first-order valence-electron chi connectivity index (χ1n) is 7.20. The highest BCUT2D eigenvalue weighted by Crippen LogP contribution is 2.12. The van der Waals surface area contributed by atoms with Gasteiger partial charge in [-0.05, 0) is 26.2 Å². The lowest BCUT2D eigenvalue weighted by molar-refractivity contribution is 0.317. The molecule has 1 nitrogen and oxygen atoms in total. The number of halogens is 1. The van der Waals surface area contributed by atoms with Crippen molar-refractivity contribution in [1.82, 2.24) is 4.90 Å². The molecule has 0 unspecified atom stereocenters. The molecule has 0 rings (SSSR count). The van der Waals surface area contributed by atoms with E-state index in [1.54, 1.807) is 0 Å². The van der Waals surface area contributed by atoms with Gasteiger partial charge in [-0.15, -0.1) is 12.4 Å². The Bertz CT molecular complexity index is 168. The topological polar surface area (TPSA) is 3.24 Å². The maximum Gasteiger partial charge on any atom is 0.0174 e. The normalized spacial score (nSPS) is 11.2. The van der Waals surface area contributed by atoms with Gasteiger partial charge in [0.25, 0.3) is 0 Å². The van der Waals surface area contributed by atoms with Crippen LogP contribution in [0.2, 0.25) is 0 Å². The quantitative estimate of drug-likeness (QED) is 0.476. The molecule has 17 heavy (non-hydrogen) atoms. The van der Waals surface area contributed by atoms with Crippen molar-refractivity contribution in [3.63, 3.8) is 0 Å². The molecule has 0 heterocycles. The monoisotopic (exact) mass is 261 g/mol. The maximum atomic E-state index is 2.60. The highest BCUT2D eigenvalue weighted by molar-refractivity contribution is 5.85. The van der Waals surface area contributed by atoms with Crippen molar-refractivity contribution in [2.75, 3.05) is 13.1 Å². The standard InChI is InChI=1S/C15H31N.ClH/c1-5-9-11-13-16(14-12-10-6-2)15(7-3)8-4;/h7H,5-6,8-14H2,1-4H3;1H/b15-7-;. The molecule has 0 aliphatic rings. The molecule has 0 fully saturated rings. The van der Waals surface area contributed by atoms with Crippen LogP contribution in [0.1, 0.15) is 72.6 Å². The second-order valence-corrected chi connectivity index (χ2v) is 4.53. The van der Waals surface area contributed by atoms with E-state index in [9.17, 15) is 0 Å². The fourth-order valence-corrected chi connectivity index (χ4v) is 2.11. The van der Waals surface area contributed by atoms with Gasteiger partial charge in [0.15, 0.2) is 0 Å². The zero-order valence-electron chi connectivity index (χ0n) is 12.3. The second-order valence-electron chi connectivity index (χ2n) is 4.53. The zero-order chi connectivity index (χ0) is 12.2. The molecule has 0 radical (unpaired) electrons. The first-order chi connectivity index (χ1) is 7.79. The van der Waals surface area contributed by atoms with E-state index in [0.29, 0.717) is 0 Å². The van der Waals surface area contributed by atoms with Crippen LogP contribution in [0.15, 0.2) is 11.8 Å². The molecule has 0 aromatic rings. The lowest BCUT2D eigenvalue weighted by Crippen LogP contribution is -2.25. The average molecular weight is 262 g/mol. The number of unbranched alkanes of at least 4 members (excludes halogenated alkanes) is 4. The Hall–Kier alpha value is -0.170. The number of rotatable bonds is 10. The van der Waals surface area contributed by atoms with Crippen molar-refractivity contribution in [2.45, 2.75) is 72.6 Å². The summed E-state index contributed by atoms with van der Waals surface area (Å²) in [6.45, 7) is 11.5. The summed E-state index contributed by atoms with van der Waals surface area (Å²) in [6, 6.07) is 0. The molecule has 0 bridgehead atoms. The van der Waals surface area contributed by atoms with Gasteiger partial charge in [-0.1, -0.05) is 52.5 Å². The van der Waals surface area contributed by atoms with Crippen LogP contribution in [0.5, 0.6) is 0 Å². The Morgan fingerprint density at radius 1 is 0.882 bits per heavy atom. The van der Waals surface area contributed by atoms with Crippen LogP contribution in [0.25, 0.3) is 0 Å². The summed E-state index contributed by atoms with van der Waals surface area (Å²) in [5.41, 5.74) is 1.53. The van der Waals surface area contributed by atoms with Crippen LogP contribution in [-0.2, 0) is 0 Å². The van der Waals surface area contributed by atoms with Crippen LogP contribution in [0.4, 0.5) is 0 Å². The smallest absolute Gasteiger partial charge is 0.0174 e. The van der Waals surface area contributed by atoms with Gasteiger partial charge in [-0.3, -0.25) is 0 Å². The number of allylic oxidation sites excluding steroid dienone is 2. The Morgan fingerprint density at radius 3 is 1.65 bits per heavy atom. The van der Waals surface area contributed by atoms with Crippen molar-refractivity contribution in [3.8, 4) is 0 Å². The van der Waals surface area contributed by atoms with Crippen molar-refractivity contribution in [1.29, 1.82) is 0 Å². The minimum atomic E-state index is 0. The minimum Gasteiger partial charge on any atom is -0.375 e. The second kappa shape index (κ2) is 13.9. The third-order valence-corrected chi connectivity index (χ3v) is 3.16. The molecule has 0 saturated carbocycles. The summed E-state index contributed by atoms with van der Waals surface area (Å²) in [6.07, 6.45) is 11.5. The predicted octanol–water partition coefficient (Wildman–Crippen LogP) is 5.40. The van der Waals surface area contributed by atoms with E-state index in [0.717, 1.165) is 0 Å². The fraction of sp³-hybridized carbons (Fsp3) is 0.867. The summed E-state index contributed by atoms with van der Waals surface area (Å²) in [5.74, 6) is 0. The molecule has 0 aromatic heterocycles. The highest BCUT2D eigenvalue weighted by Gasteiger charge is 2.06. The Balaban J connectivity index is 0. The van der Waals surface area contributed by atoms with Crippen molar-refractivity contribution < 1.29 is 0 Å². The van der Waals surface area contributed by atoms with E-state index in [2.05, 4.69) is 38.7 Å².